The van der Waals surface area contributed by atoms with Gasteiger partial charge in [0, 0.05) is 13.1 Å². The Balaban J connectivity index is 2.46. The Morgan fingerprint density at radius 2 is 2.25 bits per heavy atom. The van der Waals surface area contributed by atoms with Crippen LogP contribution in [0.1, 0.15) is 20.8 Å². The van der Waals surface area contributed by atoms with E-state index in [1.165, 1.54) is 0 Å². The van der Waals surface area contributed by atoms with Gasteiger partial charge in [0.25, 0.3) is 0 Å². The summed E-state index contributed by atoms with van der Waals surface area (Å²) in [7, 11) is 0. The number of hydrogen-bond acceptors (Lipinski definition) is 3. The van der Waals surface area contributed by atoms with E-state index in [0.29, 0.717) is 0 Å². The highest BCUT2D eigenvalue weighted by atomic mass is 16.5. The van der Waals surface area contributed by atoms with Crippen LogP contribution in [0, 0.1) is 0 Å². The van der Waals surface area contributed by atoms with Gasteiger partial charge >= 0.3 is 0 Å². The molecule has 1 rings (SSSR count). The lowest BCUT2D eigenvalue weighted by Crippen LogP contribution is -2.51. The van der Waals surface area contributed by atoms with Crippen LogP contribution in [0.25, 0.3) is 0 Å². The molecule has 1 aliphatic heterocycles. The number of nitrogens with zero attached hydrogens (tertiary/aromatic N) is 1. The van der Waals surface area contributed by atoms with Crippen molar-refractivity contribution < 1.29 is 9.84 Å². The normalized spacial score (nSPS) is 27.5. The molecule has 0 aromatic heterocycles. The molecule has 72 valence electrons. The third-order valence-electron chi connectivity index (χ3n) is 2.39. The summed E-state index contributed by atoms with van der Waals surface area (Å²) in [5.41, 5.74) is -0.714. The zero-order valence-corrected chi connectivity index (χ0v) is 8.21. The van der Waals surface area contributed by atoms with Gasteiger partial charge in [-0.05, 0) is 20.4 Å². The summed E-state index contributed by atoms with van der Waals surface area (Å²) < 4.78 is 5.48. The van der Waals surface area contributed by atoms with Gasteiger partial charge in [0.2, 0.25) is 0 Å². The van der Waals surface area contributed by atoms with E-state index < -0.39 is 5.60 Å². The van der Waals surface area contributed by atoms with Crippen molar-refractivity contribution in [1.29, 1.82) is 0 Å². The van der Waals surface area contributed by atoms with Crippen molar-refractivity contribution in [2.75, 3.05) is 26.2 Å². The molecule has 0 saturated carbocycles. The Morgan fingerprint density at radius 1 is 1.58 bits per heavy atom. The summed E-state index contributed by atoms with van der Waals surface area (Å²) in [6.45, 7) is 9.35. The number of ether oxygens (including phenoxy) is 1. The largest absolute Gasteiger partial charge is 0.388 e. The van der Waals surface area contributed by atoms with E-state index >= 15 is 0 Å². The molecule has 3 heteroatoms. The number of aliphatic hydroxyl groups is 1. The van der Waals surface area contributed by atoms with Crippen LogP contribution in [-0.4, -0.2) is 48.0 Å². The maximum atomic E-state index is 9.70. The lowest BCUT2D eigenvalue weighted by atomic mass is 10.0. The molecule has 0 aromatic carbocycles. The smallest absolute Gasteiger partial charge is 0.0983 e. The van der Waals surface area contributed by atoms with E-state index in [9.17, 15) is 5.11 Å². The second-order valence-corrected chi connectivity index (χ2v) is 3.91. The van der Waals surface area contributed by atoms with Crippen molar-refractivity contribution >= 4 is 0 Å². The summed E-state index contributed by atoms with van der Waals surface area (Å²) in [5.74, 6) is 0. The summed E-state index contributed by atoms with van der Waals surface area (Å²) >= 11 is 0. The van der Waals surface area contributed by atoms with Gasteiger partial charge in [0.05, 0.1) is 18.3 Å². The van der Waals surface area contributed by atoms with E-state index in [4.69, 9.17) is 4.74 Å². The molecule has 12 heavy (non-hydrogen) atoms. The van der Waals surface area contributed by atoms with Gasteiger partial charge in [-0.2, -0.15) is 0 Å². The van der Waals surface area contributed by atoms with Crippen LogP contribution in [0.4, 0.5) is 0 Å². The van der Waals surface area contributed by atoms with E-state index in [1.807, 2.05) is 0 Å². The average molecular weight is 173 g/mol. The second-order valence-electron chi connectivity index (χ2n) is 3.91. The molecule has 3 nitrogen and oxygen atoms in total. The Kier molecular flexibility index (Phi) is 3.09. The molecule has 0 radical (unpaired) electrons. The Bertz CT molecular complexity index is 142. The molecule has 1 aliphatic rings. The monoisotopic (exact) mass is 173 g/mol. The Labute approximate surface area is 74.3 Å². The number of morpholine rings is 1. The average Bonchev–Trinajstić information content (AvgIpc) is 2.03. The molecule has 0 bridgehead atoms. The minimum atomic E-state index is -0.714. The van der Waals surface area contributed by atoms with Crippen molar-refractivity contribution in [2.24, 2.45) is 0 Å². The molecule has 1 N–H and O–H groups in total. The van der Waals surface area contributed by atoms with Crippen molar-refractivity contribution in [3.63, 3.8) is 0 Å². The highest BCUT2D eigenvalue weighted by Crippen LogP contribution is 2.16. The molecule has 0 unspecified atom stereocenters. The van der Waals surface area contributed by atoms with Crippen molar-refractivity contribution in [1.82, 2.24) is 4.90 Å². The van der Waals surface area contributed by atoms with Crippen LogP contribution in [-0.2, 0) is 4.74 Å². The second kappa shape index (κ2) is 3.73. The topological polar surface area (TPSA) is 32.7 Å². The van der Waals surface area contributed by atoms with Gasteiger partial charge in [-0.3, -0.25) is 4.90 Å². The first-order valence-corrected chi connectivity index (χ1v) is 4.60. The van der Waals surface area contributed by atoms with Crippen molar-refractivity contribution in [3.05, 3.63) is 0 Å². The highest BCUT2D eigenvalue weighted by Gasteiger charge is 2.31. The third-order valence-corrected chi connectivity index (χ3v) is 2.39. The van der Waals surface area contributed by atoms with Crippen LogP contribution >= 0.6 is 0 Å². The molecule has 1 heterocycles. The summed E-state index contributed by atoms with van der Waals surface area (Å²) in [6, 6.07) is 0. The SMILES string of the molecule is CCN1CCO[C@@H](C(C)(C)O)C1. The number of likely N-dealkylation sites (N-methyl/N-ethyl adjacent to an activating group) is 1. The first-order valence-electron chi connectivity index (χ1n) is 4.60. The van der Waals surface area contributed by atoms with Crippen LogP contribution in [0.3, 0.4) is 0 Å². The fraction of sp³-hybridized carbons (Fsp3) is 1.00. The zero-order chi connectivity index (χ0) is 9.19. The standard InChI is InChI=1S/C9H19NO2/c1-4-10-5-6-12-8(7-10)9(2,3)11/h8,11H,4-7H2,1-3H3/t8-/m1/s1. The Hall–Kier alpha value is -0.120. The minimum absolute atomic E-state index is 0.0359. The zero-order valence-electron chi connectivity index (χ0n) is 8.21. The molecular weight excluding hydrogens is 154 g/mol. The maximum Gasteiger partial charge on any atom is 0.0983 e. The minimum Gasteiger partial charge on any atom is -0.388 e. The fourth-order valence-electron chi connectivity index (χ4n) is 1.42. The Morgan fingerprint density at radius 3 is 2.75 bits per heavy atom. The van der Waals surface area contributed by atoms with Crippen molar-refractivity contribution in [3.8, 4) is 0 Å². The fourth-order valence-corrected chi connectivity index (χ4v) is 1.42. The highest BCUT2D eigenvalue weighted by molar-refractivity contribution is 4.83. The van der Waals surface area contributed by atoms with Gasteiger partial charge < -0.3 is 9.84 Å². The van der Waals surface area contributed by atoms with E-state index in [-0.39, 0.29) is 6.10 Å². The van der Waals surface area contributed by atoms with Crippen molar-refractivity contribution in [2.45, 2.75) is 32.5 Å². The number of rotatable bonds is 2. The number of hydrogen-bond donors (Lipinski definition) is 1. The summed E-state index contributed by atoms with van der Waals surface area (Å²) in [6.07, 6.45) is -0.0359. The predicted octanol–water partition coefficient (Wildman–Crippen LogP) is 0.478. The van der Waals surface area contributed by atoms with Gasteiger partial charge in [-0.25, -0.2) is 0 Å². The first kappa shape index (κ1) is 9.96. The molecule has 0 aromatic rings. The molecule has 0 aliphatic carbocycles. The lowest BCUT2D eigenvalue weighted by Gasteiger charge is -2.38. The molecule has 0 spiro atoms. The van der Waals surface area contributed by atoms with Gasteiger partial charge in [0.15, 0.2) is 0 Å². The molecule has 1 fully saturated rings. The lowest BCUT2D eigenvalue weighted by molar-refractivity contribution is -0.126. The van der Waals surface area contributed by atoms with Crippen LogP contribution in [0.15, 0.2) is 0 Å². The first-order chi connectivity index (χ1) is 5.54. The van der Waals surface area contributed by atoms with Crippen LogP contribution in [0.2, 0.25) is 0 Å². The molecule has 0 amide bonds. The van der Waals surface area contributed by atoms with E-state index in [1.54, 1.807) is 13.8 Å². The molecule has 1 saturated heterocycles. The predicted molar refractivity (Wildman–Crippen MR) is 48.2 cm³/mol. The van der Waals surface area contributed by atoms with E-state index in [2.05, 4.69) is 11.8 Å². The molecular formula is C9H19NO2. The molecule has 1 atom stereocenters. The van der Waals surface area contributed by atoms with Crippen LogP contribution < -0.4 is 0 Å². The van der Waals surface area contributed by atoms with Gasteiger partial charge in [-0.15, -0.1) is 0 Å². The quantitative estimate of drug-likeness (QED) is 0.659. The maximum absolute atomic E-state index is 9.70. The summed E-state index contributed by atoms with van der Waals surface area (Å²) in [5, 5.41) is 9.70. The van der Waals surface area contributed by atoms with Gasteiger partial charge in [-0.1, -0.05) is 6.92 Å². The summed E-state index contributed by atoms with van der Waals surface area (Å²) in [4.78, 5) is 2.30. The van der Waals surface area contributed by atoms with E-state index in [0.717, 1.165) is 26.2 Å². The van der Waals surface area contributed by atoms with Gasteiger partial charge in [0.1, 0.15) is 0 Å². The third kappa shape index (κ3) is 2.44. The van der Waals surface area contributed by atoms with Crippen LogP contribution in [0.5, 0.6) is 0 Å².